The number of aromatic amines is 1. The number of sulfonamides is 1. The third-order valence-corrected chi connectivity index (χ3v) is 14.1. The molecule has 1 aliphatic carbocycles. The average Bonchev–Trinajstić information content (AvgIpc) is 3.76. The van der Waals surface area contributed by atoms with Gasteiger partial charge in [0.25, 0.3) is 11.8 Å². The Morgan fingerprint density at radius 2 is 1.46 bits per heavy atom. The maximum absolute atomic E-state index is 15.6. The van der Waals surface area contributed by atoms with Gasteiger partial charge in [0.15, 0.2) is 11.6 Å². The Kier molecular flexibility index (Phi) is 13.8. The van der Waals surface area contributed by atoms with Gasteiger partial charge in [0.05, 0.1) is 29.0 Å². The number of rotatable bonds is 16. The number of hydrogen-bond donors (Lipinski definition) is 4. The van der Waals surface area contributed by atoms with Crippen LogP contribution >= 0.6 is 0 Å². The number of pyridine rings is 1. The third-order valence-electron chi connectivity index (χ3n) is 12.7. The fraction of sp³-hybridized carbons (Fsp3) is 0.179. The van der Waals surface area contributed by atoms with Gasteiger partial charge in [-0.3, -0.25) is 19.1 Å². The third kappa shape index (κ3) is 10.0. The fourth-order valence-corrected chi connectivity index (χ4v) is 9.97. The van der Waals surface area contributed by atoms with Crippen LogP contribution in [0.3, 0.4) is 0 Å². The monoisotopic (exact) mass is 1020 g/mol. The van der Waals surface area contributed by atoms with Crippen LogP contribution < -0.4 is 35.3 Å². The van der Waals surface area contributed by atoms with Crippen LogP contribution in [0.4, 0.5) is 20.2 Å². The minimum absolute atomic E-state index is 0.0347. The maximum Gasteiger partial charge on any atom is 0.251 e. The molecular weight excluding hydrogens is 969 g/mol. The van der Waals surface area contributed by atoms with Crippen molar-refractivity contribution >= 4 is 77.9 Å². The number of carbonyl (C=O) groups is 4. The summed E-state index contributed by atoms with van der Waals surface area (Å²) in [5.41, 5.74) is 4.51. The zero-order chi connectivity index (χ0) is 52.6. The summed E-state index contributed by atoms with van der Waals surface area (Å²) < 4.78 is 65.6. The van der Waals surface area contributed by atoms with Crippen LogP contribution in [0.2, 0.25) is 0 Å². The second-order valence-corrected chi connectivity index (χ2v) is 20.0. The highest BCUT2D eigenvalue weighted by atomic mass is 32.2. The van der Waals surface area contributed by atoms with Crippen molar-refractivity contribution < 1.29 is 45.9 Å². The van der Waals surface area contributed by atoms with Gasteiger partial charge in [0.2, 0.25) is 15.4 Å². The normalized spacial score (nSPS) is 11.6. The highest BCUT2D eigenvalue weighted by Crippen LogP contribution is 2.42. The molecule has 0 radical (unpaired) electrons. The van der Waals surface area contributed by atoms with Gasteiger partial charge in [0, 0.05) is 112 Å². The van der Waals surface area contributed by atoms with Crippen molar-refractivity contribution in [3.8, 4) is 33.6 Å². The first-order valence-corrected chi connectivity index (χ1v) is 25.2. The standard InChI is InChI=1S/C56H49F2N7O8S/c1-6-24-74(71,72)63-46-21-19-44(57)50(51(46)58)52(66)33-13-20-45-41(25-33)42-27-35(30-61-53(42)62-45)31-8-10-32(11-9-31)54(67)59-22-7-23-60-55(68)34-12-16-38(43(26-34)56(69)70)49-39-17-14-36(64(2)3)28-47(39)73-48-29-37(65(4)5)15-18-40(48)49/h8-21,25-30,63H,6-7,22-24H2,1-5H3,(H3-,59,60,61,62,66,67,68,69,70). The van der Waals surface area contributed by atoms with Gasteiger partial charge >= 0.3 is 0 Å². The van der Waals surface area contributed by atoms with Gasteiger partial charge in [0.1, 0.15) is 36.9 Å². The van der Waals surface area contributed by atoms with Crippen LogP contribution in [0.5, 0.6) is 0 Å². The molecule has 1 aliphatic heterocycles. The van der Waals surface area contributed by atoms with Gasteiger partial charge in [-0.25, -0.2) is 26.8 Å². The summed E-state index contributed by atoms with van der Waals surface area (Å²) in [5, 5.41) is 21.1. The van der Waals surface area contributed by atoms with E-state index in [2.05, 4.69) is 25.3 Å². The molecule has 74 heavy (non-hydrogen) atoms. The van der Waals surface area contributed by atoms with E-state index in [-0.39, 0.29) is 47.9 Å². The number of amides is 2. The van der Waals surface area contributed by atoms with Gasteiger partial charge in [-0.15, -0.1) is 0 Å². The molecule has 376 valence electrons. The van der Waals surface area contributed by atoms with Crippen molar-refractivity contribution in [3.05, 3.63) is 166 Å². The van der Waals surface area contributed by atoms with Gasteiger partial charge in [-0.05, 0) is 103 Å². The molecule has 0 fully saturated rings. The molecule has 18 heteroatoms. The van der Waals surface area contributed by atoms with Crippen molar-refractivity contribution in [1.82, 2.24) is 25.2 Å². The van der Waals surface area contributed by atoms with E-state index in [1.54, 1.807) is 55.6 Å². The molecule has 0 bridgehead atoms. The Morgan fingerprint density at radius 3 is 2.16 bits per heavy atom. The Morgan fingerprint density at radius 1 is 0.757 bits per heavy atom. The minimum Gasteiger partial charge on any atom is -0.545 e. The van der Waals surface area contributed by atoms with Crippen LogP contribution in [-0.2, 0) is 10.0 Å². The number of carboxylic acid groups (broad SMARTS) is 1. The van der Waals surface area contributed by atoms with E-state index in [4.69, 9.17) is 4.42 Å². The lowest BCUT2D eigenvalue weighted by molar-refractivity contribution is -0.254. The van der Waals surface area contributed by atoms with Crippen LogP contribution in [0.25, 0.3) is 66.5 Å². The lowest BCUT2D eigenvalue weighted by Crippen LogP contribution is -2.30. The number of halogens is 2. The SMILES string of the molecule is CCCS(=O)(=O)Nc1ccc(F)c(C(=O)c2ccc3[nH]c4ncc(-c5ccc(C(=O)NCCCNC(=O)c6ccc(-c7c8ccc(=[N+](C)C)cc-8oc8cc(N(C)C)ccc78)c(C(=O)[O-])c6)cc5)cc4c3c2)c1F. The lowest BCUT2D eigenvalue weighted by atomic mass is 9.89. The average molecular weight is 1020 g/mol. The number of fused-ring (bicyclic) bond motifs is 5. The van der Waals surface area contributed by atoms with E-state index >= 15 is 8.78 Å². The summed E-state index contributed by atoms with van der Waals surface area (Å²) in [4.78, 5) is 62.5. The van der Waals surface area contributed by atoms with Gasteiger partial charge in [-0.1, -0.05) is 25.1 Å². The molecule has 3 heterocycles. The van der Waals surface area contributed by atoms with E-state index in [0.29, 0.717) is 72.9 Å². The second kappa shape index (κ2) is 20.4. The number of nitrogens with one attached hydrogen (secondary N) is 4. The van der Waals surface area contributed by atoms with Crippen molar-refractivity contribution in [3.63, 3.8) is 0 Å². The largest absolute Gasteiger partial charge is 0.545 e. The summed E-state index contributed by atoms with van der Waals surface area (Å²) in [5.74, 6) is -5.47. The van der Waals surface area contributed by atoms with E-state index in [1.165, 1.54) is 18.2 Å². The summed E-state index contributed by atoms with van der Waals surface area (Å²) >= 11 is 0. The zero-order valence-corrected chi connectivity index (χ0v) is 41.7. The van der Waals surface area contributed by atoms with Crippen molar-refractivity contribution in [2.45, 2.75) is 19.8 Å². The van der Waals surface area contributed by atoms with Gasteiger partial charge < -0.3 is 34.8 Å². The number of benzene rings is 6. The number of aromatic nitrogens is 2. The lowest BCUT2D eigenvalue weighted by Gasteiger charge is -2.20. The first kappa shape index (κ1) is 50.2. The summed E-state index contributed by atoms with van der Waals surface area (Å²) in [6, 6.07) is 30.8. The van der Waals surface area contributed by atoms with Crippen molar-refractivity contribution in [1.29, 1.82) is 0 Å². The van der Waals surface area contributed by atoms with E-state index in [9.17, 15) is 32.7 Å². The molecule has 0 saturated carbocycles. The molecule has 2 aliphatic rings. The molecule has 2 amide bonds. The zero-order valence-electron chi connectivity index (χ0n) is 40.9. The molecule has 7 aromatic rings. The Balaban J connectivity index is 0.848. The summed E-state index contributed by atoms with van der Waals surface area (Å²) in [6.45, 7) is 2.04. The predicted molar refractivity (Wildman–Crippen MR) is 280 cm³/mol. The number of hydrogen-bond acceptors (Lipinski definition) is 10. The molecule has 0 unspecified atom stereocenters. The number of ketones is 1. The quantitative estimate of drug-likeness (QED) is 0.0323. The van der Waals surface area contributed by atoms with Crippen LogP contribution in [0.1, 0.15) is 66.8 Å². The topological polar surface area (TPSA) is 210 Å². The molecule has 2 aromatic heterocycles. The molecule has 0 atom stereocenters. The molecule has 0 spiro atoms. The molecule has 0 saturated heterocycles. The fourth-order valence-electron chi connectivity index (χ4n) is 8.84. The smallest absolute Gasteiger partial charge is 0.251 e. The number of nitrogens with zero attached hydrogens (tertiary/aromatic N) is 3. The van der Waals surface area contributed by atoms with E-state index < -0.39 is 50.6 Å². The number of carbonyl (C=O) groups excluding carboxylic acids is 4. The highest BCUT2D eigenvalue weighted by molar-refractivity contribution is 7.92. The van der Waals surface area contributed by atoms with Crippen LogP contribution in [-0.4, -0.2) is 89.0 Å². The van der Waals surface area contributed by atoms with E-state index in [1.807, 2.05) is 80.1 Å². The molecule has 4 N–H and O–H groups in total. The van der Waals surface area contributed by atoms with Crippen LogP contribution in [0, 0.1) is 11.6 Å². The number of H-pyrrole nitrogens is 1. The number of anilines is 2. The molecule has 9 rings (SSSR count). The van der Waals surface area contributed by atoms with Crippen molar-refractivity contribution in [2.24, 2.45) is 0 Å². The maximum atomic E-state index is 15.6. The van der Waals surface area contributed by atoms with Crippen molar-refractivity contribution in [2.75, 3.05) is 56.7 Å². The minimum atomic E-state index is -3.93. The summed E-state index contributed by atoms with van der Waals surface area (Å²) in [7, 11) is 3.74. The molecular formula is C56H49F2N7O8S. The Labute approximate surface area is 423 Å². The van der Waals surface area contributed by atoms with Gasteiger partial charge in [-0.2, -0.15) is 0 Å². The first-order valence-electron chi connectivity index (χ1n) is 23.6. The first-order chi connectivity index (χ1) is 35.4. The number of carboxylic acids is 1. The Hall–Kier alpha value is -8.77. The van der Waals surface area contributed by atoms with Crippen LogP contribution in [0.15, 0.2) is 126 Å². The Bertz CT molecular complexity index is 3900. The summed E-state index contributed by atoms with van der Waals surface area (Å²) in [6.07, 6.45) is 2.28. The van der Waals surface area contributed by atoms with E-state index in [0.717, 1.165) is 28.7 Å². The molecule has 15 nitrogen and oxygen atoms in total. The predicted octanol–water partition coefficient (Wildman–Crippen LogP) is 7.57. The highest BCUT2D eigenvalue weighted by Gasteiger charge is 2.26. The number of aromatic carboxylic acids is 1. The molecule has 5 aromatic carbocycles. The second-order valence-electron chi connectivity index (χ2n) is 18.2.